The lowest BCUT2D eigenvalue weighted by atomic mass is 10.2. The van der Waals surface area contributed by atoms with Gasteiger partial charge in [0.1, 0.15) is 11.6 Å². The Morgan fingerprint density at radius 3 is 2.94 bits per heavy atom. The van der Waals surface area contributed by atoms with Crippen molar-refractivity contribution in [2.45, 2.75) is 13.3 Å². The molecule has 1 aromatic rings. The van der Waals surface area contributed by atoms with E-state index in [1.54, 1.807) is 0 Å². The van der Waals surface area contributed by atoms with E-state index < -0.39 is 4.92 Å². The van der Waals surface area contributed by atoms with Gasteiger partial charge in [-0.05, 0) is 12.3 Å². The average molecular weight is 237 g/mol. The summed E-state index contributed by atoms with van der Waals surface area (Å²) in [7, 11) is 0. The number of pyridine rings is 1. The van der Waals surface area contributed by atoms with Gasteiger partial charge in [-0.3, -0.25) is 10.1 Å². The molecular formula is C10H15N5O2. The number of nitrogens with zero attached hydrogens (tertiary/aromatic N) is 3. The summed E-state index contributed by atoms with van der Waals surface area (Å²) in [6.45, 7) is 3.90. The Kier molecular flexibility index (Phi) is 3.10. The summed E-state index contributed by atoms with van der Waals surface area (Å²) in [6.07, 6.45) is 1.08. The van der Waals surface area contributed by atoms with Crippen LogP contribution in [-0.2, 0) is 0 Å². The number of hydrazine groups is 1. The summed E-state index contributed by atoms with van der Waals surface area (Å²) in [5.74, 6) is 6.77. The third-order valence-corrected chi connectivity index (χ3v) is 2.90. The number of hydrogen-bond acceptors (Lipinski definition) is 6. The van der Waals surface area contributed by atoms with Crippen LogP contribution in [-0.4, -0.2) is 23.0 Å². The second-order valence-corrected chi connectivity index (χ2v) is 4.31. The number of nitrogens with two attached hydrogens (primary N) is 1. The maximum absolute atomic E-state index is 10.8. The van der Waals surface area contributed by atoms with Crippen molar-refractivity contribution in [2.24, 2.45) is 11.8 Å². The van der Waals surface area contributed by atoms with E-state index in [2.05, 4.69) is 17.3 Å². The van der Waals surface area contributed by atoms with E-state index in [-0.39, 0.29) is 5.69 Å². The van der Waals surface area contributed by atoms with E-state index >= 15 is 0 Å². The average Bonchev–Trinajstić information content (AvgIpc) is 2.75. The van der Waals surface area contributed by atoms with Crippen LogP contribution in [0.4, 0.5) is 17.3 Å². The highest BCUT2D eigenvalue weighted by atomic mass is 16.6. The Balaban J connectivity index is 2.32. The molecular weight excluding hydrogens is 222 g/mol. The van der Waals surface area contributed by atoms with Gasteiger partial charge in [-0.2, -0.15) is 0 Å². The van der Waals surface area contributed by atoms with Crippen molar-refractivity contribution >= 4 is 17.3 Å². The fraction of sp³-hybridized carbons (Fsp3) is 0.500. The van der Waals surface area contributed by atoms with E-state index in [9.17, 15) is 10.1 Å². The third-order valence-electron chi connectivity index (χ3n) is 2.90. The third kappa shape index (κ3) is 2.44. The van der Waals surface area contributed by atoms with E-state index in [1.807, 2.05) is 4.90 Å². The lowest BCUT2D eigenvalue weighted by Gasteiger charge is -2.17. The molecule has 1 aliphatic heterocycles. The summed E-state index contributed by atoms with van der Waals surface area (Å²) in [5.41, 5.74) is 2.36. The molecule has 0 saturated carbocycles. The SMILES string of the molecule is CC1CCN(c2cc([N+](=O)[O-])cc(NN)n2)C1. The summed E-state index contributed by atoms with van der Waals surface area (Å²) < 4.78 is 0. The maximum atomic E-state index is 10.8. The minimum absolute atomic E-state index is 0.00232. The summed E-state index contributed by atoms with van der Waals surface area (Å²) >= 11 is 0. The highest BCUT2D eigenvalue weighted by Gasteiger charge is 2.22. The molecule has 2 heterocycles. The minimum Gasteiger partial charge on any atom is -0.356 e. The Morgan fingerprint density at radius 1 is 1.65 bits per heavy atom. The lowest BCUT2D eigenvalue weighted by molar-refractivity contribution is -0.384. The van der Waals surface area contributed by atoms with Crippen LogP contribution in [0.25, 0.3) is 0 Å². The second-order valence-electron chi connectivity index (χ2n) is 4.31. The number of anilines is 2. The normalized spacial score (nSPS) is 19.4. The van der Waals surface area contributed by atoms with Crippen LogP contribution >= 0.6 is 0 Å². The van der Waals surface area contributed by atoms with Crippen LogP contribution < -0.4 is 16.2 Å². The van der Waals surface area contributed by atoms with E-state index in [1.165, 1.54) is 12.1 Å². The zero-order valence-electron chi connectivity index (χ0n) is 9.59. The van der Waals surface area contributed by atoms with Crippen LogP contribution in [0.15, 0.2) is 12.1 Å². The number of aromatic nitrogens is 1. The Labute approximate surface area is 98.7 Å². The van der Waals surface area contributed by atoms with Crippen LogP contribution in [0.1, 0.15) is 13.3 Å². The zero-order chi connectivity index (χ0) is 12.4. The van der Waals surface area contributed by atoms with Crippen molar-refractivity contribution in [2.75, 3.05) is 23.4 Å². The minimum atomic E-state index is -0.439. The molecule has 1 saturated heterocycles. The number of nitrogen functional groups attached to an aromatic ring is 1. The van der Waals surface area contributed by atoms with E-state index in [0.29, 0.717) is 17.6 Å². The second kappa shape index (κ2) is 4.54. The van der Waals surface area contributed by atoms with Gasteiger partial charge in [0, 0.05) is 13.1 Å². The van der Waals surface area contributed by atoms with Gasteiger partial charge in [-0.1, -0.05) is 6.92 Å². The monoisotopic (exact) mass is 237 g/mol. The molecule has 1 fully saturated rings. The topological polar surface area (TPSA) is 97.3 Å². The summed E-state index contributed by atoms with van der Waals surface area (Å²) in [5, 5.41) is 10.8. The number of nitro groups is 1. The van der Waals surface area contributed by atoms with Crippen LogP contribution in [0.5, 0.6) is 0 Å². The van der Waals surface area contributed by atoms with Crippen LogP contribution in [0.3, 0.4) is 0 Å². The predicted octanol–water partition coefficient (Wildman–Crippen LogP) is 1.12. The van der Waals surface area contributed by atoms with E-state index in [4.69, 9.17) is 5.84 Å². The molecule has 0 aliphatic carbocycles. The molecule has 0 aromatic carbocycles. The smallest absolute Gasteiger partial charge is 0.276 e. The Bertz CT molecular complexity index is 437. The lowest BCUT2D eigenvalue weighted by Crippen LogP contribution is -2.21. The molecule has 1 aliphatic rings. The first kappa shape index (κ1) is 11.6. The summed E-state index contributed by atoms with van der Waals surface area (Å²) in [4.78, 5) is 16.6. The molecule has 7 nitrogen and oxygen atoms in total. The van der Waals surface area contributed by atoms with Gasteiger partial charge < -0.3 is 10.3 Å². The van der Waals surface area contributed by atoms with Gasteiger partial charge in [0.15, 0.2) is 0 Å². The number of nitrogens with one attached hydrogen (secondary N) is 1. The molecule has 0 spiro atoms. The first-order chi connectivity index (χ1) is 8.10. The molecule has 3 N–H and O–H groups in total. The molecule has 0 bridgehead atoms. The fourth-order valence-corrected chi connectivity index (χ4v) is 1.99. The van der Waals surface area contributed by atoms with Crippen molar-refractivity contribution in [1.29, 1.82) is 0 Å². The van der Waals surface area contributed by atoms with Crippen LogP contribution in [0.2, 0.25) is 0 Å². The molecule has 17 heavy (non-hydrogen) atoms. The molecule has 2 rings (SSSR count). The zero-order valence-corrected chi connectivity index (χ0v) is 9.59. The molecule has 1 unspecified atom stereocenters. The first-order valence-corrected chi connectivity index (χ1v) is 5.48. The van der Waals surface area contributed by atoms with Gasteiger partial charge in [-0.25, -0.2) is 10.8 Å². The maximum Gasteiger partial charge on any atom is 0.276 e. The van der Waals surface area contributed by atoms with Gasteiger partial charge in [-0.15, -0.1) is 0 Å². The predicted molar refractivity (Wildman–Crippen MR) is 64.7 cm³/mol. The van der Waals surface area contributed by atoms with Crippen LogP contribution in [0, 0.1) is 16.0 Å². The largest absolute Gasteiger partial charge is 0.356 e. The Hall–Kier alpha value is -1.89. The van der Waals surface area contributed by atoms with Crippen molar-refractivity contribution in [1.82, 2.24) is 4.98 Å². The van der Waals surface area contributed by atoms with Crippen molar-refractivity contribution in [3.05, 3.63) is 22.2 Å². The highest BCUT2D eigenvalue weighted by molar-refractivity contribution is 5.55. The Morgan fingerprint density at radius 2 is 2.41 bits per heavy atom. The highest BCUT2D eigenvalue weighted by Crippen LogP contribution is 2.27. The molecule has 7 heteroatoms. The quantitative estimate of drug-likeness (QED) is 0.464. The summed E-state index contributed by atoms with van der Waals surface area (Å²) in [6, 6.07) is 2.81. The molecule has 0 radical (unpaired) electrons. The standard InChI is InChI=1S/C10H15N5O2/c1-7-2-3-14(6-7)10-5-8(15(16)17)4-9(12-10)13-11/h4-5,7H,2-3,6,11H2,1H3,(H,12,13). The first-order valence-electron chi connectivity index (χ1n) is 5.48. The number of hydrogen-bond donors (Lipinski definition) is 2. The van der Waals surface area contributed by atoms with Gasteiger partial charge in [0.2, 0.25) is 0 Å². The van der Waals surface area contributed by atoms with Crippen molar-refractivity contribution in [3.63, 3.8) is 0 Å². The van der Waals surface area contributed by atoms with Crippen molar-refractivity contribution in [3.8, 4) is 0 Å². The van der Waals surface area contributed by atoms with Crippen molar-refractivity contribution < 1.29 is 4.92 Å². The van der Waals surface area contributed by atoms with E-state index in [0.717, 1.165) is 19.5 Å². The molecule has 92 valence electrons. The van der Waals surface area contributed by atoms with Gasteiger partial charge in [0.05, 0.1) is 17.1 Å². The van der Waals surface area contributed by atoms with Gasteiger partial charge in [0.25, 0.3) is 5.69 Å². The molecule has 1 aromatic heterocycles. The molecule has 1 atom stereocenters. The molecule has 0 amide bonds. The fourth-order valence-electron chi connectivity index (χ4n) is 1.99. The number of rotatable bonds is 3. The van der Waals surface area contributed by atoms with Gasteiger partial charge >= 0.3 is 0 Å².